The smallest absolute Gasteiger partial charge is 0.140 e. The van der Waals surface area contributed by atoms with Crippen molar-refractivity contribution >= 4 is 22.6 Å². The summed E-state index contributed by atoms with van der Waals surface area (Å²) >= 11 is 5.98. The number of aromatic nitrogens is 4. The second-order valence-corrected chi connectivity index (χ2v) is 4.76. The first kappa shape index (κ1) is 12.2. The Morgan fingerprint density at radius 1 is 1.37 bits per heavy atom. The van der Waals surface area contributed by atoms with Gasteiger partial charge in [-0.2, -0.15) is 0 Å². The van der Waals surface area contributed by atoms with Crippen molar-refractivity contribution in [2.75, 3.05) is 0 Å². The molecule has 0 aromatic carbocycles. The van der Waals surface area contributed by atoms with Gasteiger partial charge < -0.3 is 14.2 Å². The third-order valence-electron chi connectivity index (χ3n) is 3.23. The lowest BCUT2D eigenvalue weighted by molar-refractivity contribution is 0.283. The number of halogens is 1. The van der Waals surface area contributed by atoms with Crippen LogP contribution >= 0.6 is 11.6 Å². The van der Waals surface area contributed by atoms with E-state index in [1.165, 1.54) is 0 Å². The molecule has 0 aliphatic carbocycles. The van der Waals surface area contributed by atoms with E-state index < -0.39 is 0 Å². The van der Waals surface area contributed by atoms with Gasteiger partial charge in [0, 0.05) is 30.4 Å². The monoisotopic (exact) mass is 276 g/mol. The van der Waals surface area contributed by atoms with E-state index in [2.05, 4.69) is 9.97 Å². The van der Waals surface area contributed by atoms with Crippen LogP contribution in [0.3, 0.4) is 0 Å². The molecule has 3 aromatic rings. The minimum atomic E-state index is -0.00346. The van der Waals surface area contributed by atoms with Gasteiger partial charge in [-0.15, -0.1) is 0 Å². The predicted octanol–water partition coefficient (Wildman–Crippen LogP) is 1.96. The van der Waals surface area contributed by atoms with Crippen molar-refractivity contribution in [2.24, 2.45) is 7.05 Å². The molecular formula is C13H13ClN4O. The Bertz CT molecular complexity index is 731. The van der Waals surface area contributed by atoms with E-state index in [-0.39, 0.29) is 6.61 Å². The summed E-state index contributed by atoms with van der Waals surface area (Å²) in [7, 11) is 1.87. The van der Waals surface area contributed by atoms with Gasteiger partial charge in [-0.3, -0.25) is 0 Å². The predicted molar refractivity (Wildman–Crippen MR) is 73.0 cm³/mol. The maximum atomic E-state index is 9.39. The van der Waals surface area contributed by atoms with Gasteiger partial charge in [0.2, 0.25) is 0 Å². The molecule has 0 amide bonds. The van der Waals surface area contributed by atoms with Crippen LogP contribution in [0, 0.1) is 0 Å². The molecule has 3 heterocycles. The molecule has 0 fully saturated rings. The van der Waals surface area contributed by atoms with Crippen molar-refractivity contribution < 1.29 is 5.11 Å². The molecule has 0 radical (unpaired) electrons. The van der Waals surface area contributed by atoms with Gasteiger partial charge in [0.15, 0.2) is 0 Å². The molecule has 3 rings (SSSR count). The Morgan fingerprint density at radius 3 is 2.89 bits per heavy atom. The minimum Gasteiger partial charge on any atom is -0.392 e. The number of imidazole rings is 1. The highest BCUT2D eigenvalue weighted by atomic mass is 35.5. The SMILES string of the molecule is Cn1c(Cl)cnc1Cn1cc(CO)c2cccnc21. The normalized spacial score (nSPS) is 11.3. The minimum absolute atomic E-state index is 0.00346. The summed E-state index contributed by atoms with van der Waals surface area (Å²) in [6, 6.07) is 3.82. The highest BCUT2D eigenvalue weighted by molar-refractivity contribution is 6.29. The van der Waals surface area contributed by atoms with Crippen LogP contribution in [0.1, 0.15) is 11.4 Å². The van der Waals surface area contributed by atoms with E-state index in [0.29, 0.717) is 11.7 Å². The molecule has 1 N–H and O–H groups in total. The van der Waals surface area contributed by atoms with Crippen LogP contribution in [-0.2, 0) is 20.2 Å². The Hall–Kier alpha value is -1.85. The molecule has 0 aliphatic rings. The van der Waals surface area contributed by atoms with Crippen molar-refractivity contribution in [1.82, 2.24) is 19.1 Å². The maximum Gasteiger partial charge on any atom is 0.140 e. The highest BCUT2D eigenvalue weighted by Crippen LogP contribution is 2.20. The first-order valence-corrected chi connectivity index (χ1v) is 6.28. The number of pyridine rings is 1. The number of nitrogens with zero attached hydrogens (tertiary/aromatic N) is 4. The molecule has 0 spiro atoms. The molecule has 0 aliphatic heterocycles. The van der Waals surface area contributed by atoms with E-state index in [1.54, 1.807) is 12.4 Å². The molecule has 0 bridgehead atoms. The van der Waals surface area contributed by atoms with Crippen molar-refractivity contribution in [2.45, 2.75) is 13.2 Å². The van der Waals surface area contributed by atoms with Gasteiger partial charge in [-0.05, 0) is 12.1 Å². The highest BCUT2D eigenvalue weighted by Gasteiger charge is 2.11. The molecule has 0 saturated heterocycles. The van der Waals surface area contributed by atoms with Crippen molar-refractivity contribution in [3.63, 3.8) is 0 Å². The molecule has 19 heavy (non-hydrogen) atoms. The number of aliphatic hydroxyl groups is 1. The lowest BCUT2D eigenvalue weighted by Crippen LogP contribution is -2.05. The zero-order valence-electron chi connectivity index (χ0n) is 10.4. The van der Waals surface area contributed by atoms with E-state index in [0.717, 1.165) is 22.4 Å². The van der Waals surface area contributed by atoms with Gasteiger partial charge >= 0.3 is 0 Å². The van der Waals surface area contributed by atoms with Crippen LogP contribution in [0.2, 0.25) is 5.15 Å². The van der Waals surface area contributed by atoms with Gasteiger partial charge in [0.05, 0.1) is 19.3 Å². The first-order valence-electron chi connectivity index (χ1n) is 5.90. The van der Waals surface area contributed by atoms with Crippen LogP contribution in [0.15, 0.2) is 30.7 Å². The van der Waals surface area contributed by atoms with E-state index in [1.807, 2.05) is 34.5 Å². The number of hydrogen-bond acceptors (Lipinski definition) is 3. The van der Waals surface area contributed by atoms with Gasteiger partial charge in [-0.1, -0.05) is 11.6 Å². The van der Waals surface area contributed by atoms with Crippen LogP contribution in [-0.4, -0.2) is 24.2 Å². The summed E-state index contributed by atoms with van der Waals surface area (Å²) in [4.78, 5) is 8.64. The fourth-order valence-electron chi connectivity index (χ4n) is 2.17. The number of aliphatic hydroxyl groups excluding tert-OH is 1. The number of fused-ring (bicyclic) bond motifs is 1. The zero-order valence-corrected chi connectivity index (χ0v) is 11.2. The molecular weight excluding hydrogens is 264 g/mol. The molecule has 0 atom stereocenters. The lowest BCUT2D eigenvalue weighted by atomic mass is 10.2. The second kappa shape index (κ2) is 4.68. The Balaban J connectivity index is 2.08. The molecule has 6 heteroatoms. The standard InChI is InChI=1S/C13H13ClN4O/c1-17-11(14)5-16-12(17)7-18-6-9(8-19)10-3-2-4-15-13(10)18/h2-6,19H,7-8H2,1H3. The van der Waals surface area contributed by atoms with E-state index in [4.69, 9.17) is 11.6 Å². The third kappa shape index (κ3) is 2.01. The van der Waals surface area contributed by atoms with Crippen LogP contribution in [0.4, 0.5) is 0 Å². The first-order chi connectivity index (χ1) is 9.20. The average molecular weight is 277 g/mol. The summed E-state index contributed by atoms with van der Waals surface area (Å²) in [6.45, 7) is 0.563. The molecule has 3 aromatic heterocycles. The molecule has 0 saturated carbocycles. The Morgan fingerprint density at radius 2 is 2.21 bits per heavy atom. The molecule has 5 nitrogen and oxygen atoms in total. The molecule has 0 unspecified atom stereocenters. The van der Waals surface area contributed by atoms with Crippen LogP contribution < -0.4 is 0 Å². The summed E-state index contributed by atoms with van der Waals surface area (Å²) < 4.78 is 3.80. The maximum absolute atomic E-state index is 9.39. The summed E-state index contributed by atoms with van der Waals surface area (Å²) in [6.07, 6.45) is 5.27. The Labute approximate surface area is 115 Å². The molecule has 98 valence electrons. The lowest BCUT2D eigenvalue weighted by Gasteiger charge is -2.05. The summed E-state index contributed by atoms with van der Waals surface area (Å²) in [5.41, 5.74) is 1.70. The third-order valence-corrected chi connectivity index (χ3v) is 3.58. The van der Waals surface area contributed by atoms with Crippen LogP contribution in [0.25, 0.3) is 11.0 Å². The summed E-state index contributed by atoms with van der Waals surface area (Å²) in [5, 5.41) is 11.0. The van der Waals surface area contributed by atoms with Crippen molar-refractivity contribution in [3.8, 4) is 0 Å². The quantitative estimate of drug-likeness (QED) is 0.796. The topological polar surface area (TPSA) is 55.9 Å². The second-order valence-electron chi connectivity index (χ2n) is 4.37. The van der Waals surface area contributed by atoms with E-state index >= 15 is 0 Å². The summed E-state index contributed by atoms with van der Waals surface area (Å²) in [5.74, 6) is 0.844. The van der Waals surface area contributed by atoms with Gasteiger partial charge in [0.25, 0.3) is 0 Å². The van der Waals surface area contributed by atoms with Crippen LogP contribution in [0.5, 0.6) is 0 Å². The van der Waals surface area contributed by atoms with E-state index in [9.17, 15) is 5.11 Å². The Kier molecular flexibility index (Phi) is 3.00. The fraction of sp³-hybridized carbons (Fsp3) is 0.231. The van der Waals surface area contributed by atoms with Crippen molar-refractivity contribution in [3.05, 3.63) is 47.3 Å². The number of rotatable bonds is 3. The average Bonchev–Trinajstić information content (AvgIpc) is 2.95. The fourth-order valence-corrected chi connectivity index (χ4v) is 2.31. The zero-order chi connectivity index (χ0) is 13.4. The largest absolute Gasteiger partial charge is 0.392 e. The van der Waals surface area contributed by atoms with Gasteiger partial charge in [-0.25, -0.2) is 9.97 Å². The van der Waals surface area contributed by atoms with Gasteiger partial charge in [0.1, 0.15) is 16.6 Å². The van der Waals surface area contributed by atoms with Crippen molar-refractivity contribution in [1.29, 1.82) is 0 Å². The number of hydrogen-bond donors (Lipinski definition) is 1.